The normalized spacial score (nSPS) is 11.6. The summed E-state index contributed by atoms with van der Waals surface area (Å²) in [5, 5.41) is 11.6. The molecule has 0 aliphatic rings. The predicted octanol–water partition coefficient (Wildman–Crippen LogP) is 3.04. The highest BCUT2D eigenvalue weighted by molar-refractivity contribution is 5.87. The largest absolute Gasteiger partial charge is 0.486 e. The number of amides is 1. The van der Waals surface area contributed by atoms with Gasteiger partial charge in [0.2, 0.25) is 5.91 Å². The van der Waals surface area contributed by atoms with Crippen molar-refractivity contribution >= 4 is 11.9 Å². The first-order valence-corrected chi connectivity index (χ1v) is 7.96. The minimum absolute atomic E-state index is 0.147. The molecule has 132 valence electrons. The minimum atomic E-state index is -0.979. The van der Waals surface area contributed by atoms with Gasteiger partial charge in [-0.15, -0.1) is 0 Å². The van der Waals surface area contributed by atoms with Gasteiger partial charge in [0.15, 0.2) is 11.6 Å². The summed E-state index contributed by atoms with van der Waals surface area (Å²) in [6.07, 6.45) is 0.420. The van der Waals surface area contributed by atoms with Crippen LogP contribution < -0.4 is 10.1 Å². The molecular weight excluding hydrogens is 325 g/mol. The number of aromatic carboxylic acids is 1. The lowest BCUT2D eigenvalue weighted by atomic mass is 10.1. The molecule has 2 aromatic rings. The van der Waals surface area contributed by atoms with Crippen LogP contribution in [0.25, 0.3) is 0 Å². The summed E-state index contributed by atoms with van der Waals surface area (Å²) in [6.45, 7) is 2.02. The second-order valence-electron chi connectivity index (χ2n) is 5.67. The zero-order chi connectivity index (χ0) is 18.2. The van der Waals surface area contributed by atoms with Crippen LogP contribution in [0.5, 0.6) is 5.75 Å². The molecule has 0 aliphatic carbocycles. The van der Waals surface area contributed by atoms with E-state index in [0.717, 1.165) is 5.56 Å². The van der Waals surface area contributed by atoms with Crippen molar-refractivity contribution in [2.24, 2.45) is 0 Å². The van der Waals surface area contributed by atoms with Gasteiger partial charge in [-0.05, 0) is 43.2 Å². The van der Waals surface area contributed by atoms with E-state index < -0.39 is 11.8 Å². The van der Waals surface area contributed by atoms with Crippen LogP contribution in [0, 0.1) is 5.82 Å². The molecule has 0 spiro atoms. The van der Waals surface area contributed by atoms with Gasteiger partial charge in [0.1, 0.15) is 6.10 Å². The molecular formula is C19H20FNO4. The summed E-state index contributed by atoms with van der Waals surface area (Å²) in [6, 6.07) is 12.5. The third-order valence-electron chi connectivity index (χ3n) is 3.59. The lowest BCUT2D eigenvalue weighted by Gasteiger charge is -2.16. The van der Waals surface area contributed by atoms with Crippen molar-refractivity contribution in [2.75, 3.05) is 6.54 Å². The van der Waals surface area contributed by atoms with E-state index in [2.05, 4.69) is 5.32 Å². The van der Waals surface area contributed by atoms with Crippen LogP contribution >= 0.6 is 0 Å². The maximum absolute atomic E-state index is 13.5. The molecule has 0 aliphatic heterocycles. The monoisotopic (exact) mass is 345 g/mol. The van der Waals surface area contributed by atoms with Crippen molar-refractivity contribution in [1.82, 2.24) is 5.32 Å². The average molecular weight is 345 g/mol. The van der Waals surface area contributed by atoms with Crippen LogP contribution in [-0.4, -0.2) is 29.6 Å². The fraction of sp³-hybridized carbons (Fsp3) is 0.263. The lowest BCUT2D eigenvalue weighted by molar-refractivity contribution is -0.121. The third-order valence-corrected chi connectivity index (χ3v) is 3.59. The Morgan fingerprint density at radius 3 is 2.48 bits per heavy atom. The number of hydrogen-bond acceptors (Lipinski definition) is 3. The van der Waals surface area contributed by atoms with Gasteiger partial charge in [0, 0.05) is 6.42 Å². The van der Waals surface area contributed by atoms with E-state index in [1.807, 2.05) is 0 Å². The molecule has 2 rings (SSSR count). The number of carboxylic acids is 1. The number of halogens is 1. The smallest absolute Gasteiger partial charge is 0.335 e. The number of benzene rings is 2. The Bertz CT molecular complexity index is 730. The number of carbonyl (C=O) groups is 2. The van der Waals surface area contributed by atoms with Crippen LogP contribution in [0.2, 0.25) is 0 Å². The number of carbonyl (C=O) groups excluding carboxylic acids is 1. The Morgan fingerprint density at radius 1 is 1.16 bits per heavy atom. The van der Waals surface area contributed by atoms with E-state index in [4.69, 9.17) is 9.84 Å². The van der Waals surface area contributed by atoms with Gasteiger partial charge < -0.3 is 15.2 Å². The van der Waals surface area contributed by atoms with Gasteiger partial charge in [0.05, 0.1) is 12.1 Å². The third kappa shape index (κ3) is 5.91. The first kappa shape index (κ1) is 18.4. The number of aryl methyl sites for hydroxylation is 1. The average Bonchev–Trinajstić information content (AvgIpc) is 2.60. The Kier molecular flexibility index (Phi) is 6.51. The quantitative estimate of drug-likeness (QED) is 0.771. The van der Waals surface area contributed by atoms with Gasteiger partial charge >= 0.3 is 5.97 Å². The van der Waals surface area contributed by atoms with Crippen LogP contribution in [0.1, 0.15) is 29.3 Å². The molecule has 2 aromatic carbocycles. The van der Waals surface area contributed by atoms with Crippen molar-refractivity contribution in [3.8, 4) is 5.75 Å². The molecule has 0 heterocycles. The van der Waals surface area contributed by atoms with E-state index >= 15 is 0 Å². The number of carboxylic acid groups (broad SMARTS) is 1. The van der Waals surface area contributed by atoms with Crippen molar-refractivity contribution in [1.29, 1.82) is 0 Å². The second kappa shape index (κ2) is 8.82. The van der Waals surface area contributed by atoms with E-state index in [9.17, 15) is 14.0 Å². The lowest BCUT2D eigenvalue weighted by Crippen LogP contribution is -2.33. The van der Waals surface area contributed by atoms with Crippen LogP contribution in [0.15, 0.2) is 48.5 Å². The molecule has 0 radical (unpaired) electrons. The summed E-state index contributed by atoms with van der Waals surface area (Å²) in [4.78, 5) is 22.7. The molecule has 2 N–H and O–H groups in total. The SMILES string of the molecule is CC(CNC(=O)CCc1ccc(C(=O)O)cc1)Oc1ccccc1F. The highest BCUT2D eigenvalue weighted by Crippen LogP contribution is 2.16. The molecule has 6 heteroatoms. The molecule has 0 aromatic heterocycles. The zero-order valence-electron chi connectivity index (χ0n) is 13.9. The molecule has 0 saturated carbocycles. The molecule has 1 atom stereocenters. The van der Waals surface area contributed by atoms with E-state index in [1.165, 1.54) is 24.3 Å². The zero-order valence-corrected chi connectivity index (χ0v) is 13.9. The van der Waals surface area contributed by atoms with Crippen molar-refractivity contribution in [2.45, 2.75) is 25.9 Å². The summed E-state index contributed by atoms with van der Waals surface area (Å²) >= 11 is 0. The number of rotatable bonds is 8. The Morgan fingerprint density at radius 2 is 1.84 bits per heavy atom. The van der Waals surface area contributed by atoms with Gasteiger partial charge in [-0.2, -0.15) is 0 Å². The summed E-state index contributed by atoms with van der Waals surface area (Å²) in [5.74, 6) is -1.41. The van der Waals surface area contributed by atoms with E-state index in [0.29, 0.717) is 6.42 Å². The highest BCUT2D eigenvalue weighted by atomic mass is 19.1. The van der Waals surface area contributed by atoms with Crippen LogP contribution in [-0.2, 0) is 11.2 Å². The number of ether oxygens (including phenoxy) is 1. The fourth-order valence-electron chi connectivity index (χ4n) is 2.22. The van der Waals surface area contributed by atoms with Crippen LogP contribution in [0.3, 0.4) is 0 Å². The molecule has 0 fully saturated rings. The first-order valence-electron chi connectivity index (χ1n) is 7.96. The fourth-order valence-corrected chi connectivity index (χ4v) is 2.22. The van der Waals surface area contributed by atoms with Gasteiger partial charge in [-0.1, -0.05) is 24.3 Å². The maximum Gasteiger partial charge on any atom is 0.335 e. The Hall–Kier alpha value is -2.89. The Balaban J connectivity index is 1.73. The number of para-hydroxylation sites is 1. The van der Waals surface area contributed by atoms with E-state index in [-0.39, 0.29) is 36.3 Å². The molecule has 0 bridgehead atoms. The van der Waals surface area contributed by atoms with Gasteiger partial charge in [-0.3, -0.25) is 4.79 Å². The summed E-state index contributed by atoms with van der Waals surface area (Å²) in [5.41, 5.74) is 1.10. The predicted molar refractivity (Wildman–Crippen MR) is 91.2 cm³/mol. The minimum Gasteiger partial charge on any atom is -0.486 e. The standard InChI is InChI=1S/C19H20FNO4/c1-13(25-17-5-3-2-4-16(17)20)12-21-18(22)11-8-14-6-9-15(10-7-14)19(23)24/h2-7,9-10,13H,8,11-12H2,1H3,(H,21,22)(H,23,24). The Labute approximate surface area is 145 Å². The first-order chi connectivity index (χ1) is 12.0. The summed E-state index contributed by atoms with van der Waals surface area (Å²) < 4.78 is 18.9. The molecule has 1 unspecified atom stereocenters. The molecule has 25 heavy (non-hydrogen) atoms. The van der Waals surface area contributed by atoms with E-state index in [1.54, 1.807) is 31.2 Å². The highest BCUT2D eigenvalue weighted by Gasteiger charge is 2.10. The topological polar surface area (TPSA) is 75.6 Å². The van der Waals surface area contributed by atoms with Crippen LogP contribution in [0.4, 0.5) is 4.39 Å². The summed E-state index contributed by atoms with van der Waals surface area (Å²) in [7, 11) is 0. The maximum atomic E-state index is 13.5. The van der Waals surface area contributed by atoms with Crippen molar-refractivity contribution < 1.29 is 23.8 Å². The van der Waals surface area contributed by atoms with Gasteiger partial charge in [0.25, 0.3) is 0 Å². The molecule has 0 saturated heterocycles. The number of hydrogen-bond donors (Lipinski definition) is 2. The molecule has 5 nitrogen and oxygen atoms in total. The van der Waals surface area contributed by atoms with Gasteiger partial charge in [-0.25, -0.2) is 9.18 Å². The molecule has 1 amide bonds. The number of nitrogens with one attached hydrogen (secondary N) is 1. The van der Waals surface area contributed by atoms with Crippen molar-refractivity contribution in [3.63, 3.8) is 0 Å². The second-order valence-corrected chi connectivity index (χ2v) is 5.67. The van der Waals surface area contributed by atoms with Crippen molar-refractivity contribution in [3.05, 3.63) is 65.5 Å².